The van der Waals surface area contributed by atoms with E-state index in [2.05, 4.69) is 20.6 Å². The summed E-state index contributed by atoms with van der Waals surface area (Å²) in [7, 11) is 2.51. The summed E-state index contributed by atoms with van der Waals surface area (Å²) in [6, 6.07) is 18.3. The first-order valence-electron chi connectivity index (χ1n) is 22.6. The molecule has 0 saturated carbocycles. The van der Waals surface area contributed by atoms with Gasteiger partial charge in [-0.3, -0.25) is 14.5 Å². The maximum absolute atomic E-state index is 14.5. The van der Waals surface area contributed by atoms with Gasteiger partial charge in [-0.25, -0.2) is 28.7 Å². The van der Waals surface area contributed by atoms with Gasteiger partial charge in [0.2, 0.25) is 11.8 Å². The van der Waals surface area contributed by atoms with Crippen LogP contribution >= 0.6 is 0 Å². The SMILES string of the molecule is COC(=O)N[C@H](C(=O)N1C[C@H](OC(=O)N2Cc3cccc(F)c3C2)CC1c1ncc(-c2ccc(-c3ccc(-c4c[nH]c([C@@H]5CCCN5C(=O)[C@@H](NC(=O)OC)C(C)C)n4)cc3)cc2)[nH]1)C(C)C. The summed E-state index contributed by atoms with van der Waals surface area (Å²) in [5.74, 6) is -0.157. The molecule has 2 fully saturated rings. The molecule has 67 heavy (non-hydrogen) atoms. The van der Waals surface area contributed by atoms with Gasteiger partial charge in [0.1, 0.15) is 35.7 Å². The van der Waals surface area contributed by atoms with Crippen molar-refractivity contribution in [2.24, 2.45) is 11.8 Å². The second kappa shape index (κ2) is 19.7. The molecule has 3 aromatic carbocycles. The predicted octanol–water partition coefficient (Wildman–Crippen LogP) is 7.49. The zero-order valence-electron chi connectivity index (χ0n) is 38.4. The molecule has 1 unspecified atom stereocenters. The minimum Gasteiger partial charge on any atom is -0.453 e. The molecule has 2 aromatic heterocycles. The van der Waals surface area contributed by atoms with Gasteiger partial charge in [0.15, 0.2) is 0 Å². The summed E-state index contributed by atoms with van der Waals surface area (Å²) in [6.45, 7) is 8.32. The highest BCUT2D eigenvalue weighted by Gasteiger charge is 2.44. The molecule has 4 N–H and O–H groups in total. The van der Waals surface area contributed by atoms with Gasteiger partial charge in [0.05, 0.1) is 57.0 Å². The van der Waals surface area contributed by atoms with E-state index >= 15 is 0 Å². The Hall–Kier alpha value is -7.24. The van der Waals surface area contributed by atoms with Gasteiger partial charge in [-0.05, 0) is 53.0 Å². The molecule has 5 heterocycles. The number of benzene rings is 3. The van der Waals surface area contributed by atoms with E-state index in [1.165, 1.54) is 25.2 Å². The third-order valence-corrected chi connectivity index (χ3v) is 12.9. The third-order valence-electron chi connectivity index (χ3n) is 12.9. The van der Waals surface area contributed by atoms with Crippen molar-refractivity contribution in [2.45, 2.75) is 90.3 Å². The lowest BCUT2D eigenvalue weighted by Crippen LogP contribution is -2.51. The van der Waals surface area contributed by atoms with Gasteiger partial charge < -0.3 is 44.6 Å². The van der Waals surface area contributed by atoms with E-state index < -0.39 is 42.5 Å². The number of H-pyrrole nitrogens is 2. The standard InChI is InChI=1S/C49H56FN9O8/c1-27(2)41(55-47(62)65-5)45(60)58-20-8-11-39(58)43-51-22-37(53-43)31-16-12-29(13-17-31)30-14-18-32(19-15-30)38-23-52-44(54-38)40-21-34(25-59(40)46(61)42(28(3)4)56-48(63)66-6)67-49(64)57-24-33-9-7-10-36(50)35(33)26-57/h7,9-10,12-19,22-23,27-28,34,39-42H,8,11,20-21,24-26H2,1-6H3,(H,51,53)(H,52,54)(H,55,62)(H,56,63)/t34-,39+,40?,41+,42+/m1/s1. The number of alkyl carbamates (subject to hydrolysis) is 2. The maximum Gasteiger partial charge on any atom is 0.410 e. The summed E-state index contributed by atoms with van der Waals surface area (Å²) < 4.78 is 30.0. The molecule has 17 nitrogen and oxygen atoms in total. The van der Waals surface area contributed by atoms with Crippen LogP contribution < -0.4 is 10.6 Å². The molecule has 2 saturated heterocycles. The molecule has 352 valence electrons. The largest absolute Gasteiger partial charge is 0.453 e. The van der Waals surface area contributed by atoms with E-state index in [-0.39, 0.29) is 61.6 Å². The molecular weight excluding hydrogens is 862 g/mol. The molecule has 0 radical (unpaired) electrons. The molecule has 0 spiro atoms. The number of rotatable bonds is 12. The summed E-state index contributed by atoms with van der Waals surface area (Å²) in [5, 5.41) is 5.34. The fraction of sp³-hybridized carbons (Fsp3) is 0.408. The van der Waals surface area contributed by atoms with Crippen molar-refractivity contribution in [3.8, 4) is 33.6 Å². The highest BCUT2D eigenvalue weighted by Crippen LogP contribution is 2.37. The number of hydrogen-bond acceptors (Lipinski definition) is 10. The smallest absolute Gasteiger partial charge is 0.410 e. The number of hydrogen-bond donors (Lipinski definition) is 4. The van der Waals surface area contributed by atoms with E-state index in [0.717, 1.165) is 46.4 Å². The highest BCUT2D eigenvalue weighted by atomic mass is 19.1. The van der Waals surface area contributed by atoms with E-state index in [1.54, 1.807) is 28.1 Å². The molecule has 8 rings (SSSR count). The average molecular weight is 918 g/mol. The van der Waals surface area contributed by atoms with Crippen molar-refractivity contribution >= 4 is 30.1 Å². The highest BCUT2D eigenvalue weighted by molar-refractivity contribution is 5.87. The van der Waals surface area contributed by atoms with Gasteiger partial charge in [-0.1, -0.05) is 88.4 Å². The number of imidazole rings is 2. The second-order valence-electron chi connectivity index (χ2n) is 17.9. The fourth-order valence-electron chi connectivity index (χ4n) is 9.17. The number of amides is 5. The van der Waals surface area contributed by atoms with Crippen molar-refractivity contribution in [2.75, 3.05) is 27.3 Å². The number of carbonyl (C=O) groups is 5. The number of nitrogens with one attached hydrogen (secondary N) is 4. The van der Waals surface area contributed by atoms with E-state index in [4.69, 9.17) is 24.2 Å². The van der Waals surface area contributed by atoms with E-state index in [9.17, 15) is 28.4 Å². The minimum absolute atomic E-state index is 0.0535. The molecule has 3 aliphatic rings. The quantitative estimate of drug-likeness (QED) is 0.0908. The lowest BCUT2D eigenvalue weighted by atomic mass is 10.0. The first kappa shape index (κ1) is 46.3. The topological polar surface area (TPSA) is 204 Å². The van der Waals surface area contributed by atoms with E-state index in [1.807, 2.05) is 82.4 Å². The van der Waals surface area contributed by atoms with Gasteiger partial charge in [0.25, 0.3) is 0 Å². The zero-order valence-corrected chi connectivity index (χ0v) is 38.4. The summed E-state index contributed by atoms with van der Waals surface area (Å²) in [5.41, 5.74) is 6.38. The Morgan fingerprint density at radius 1 is 0.761 bits per heavy atom. The lowest BCUT2D eigenvalue weighted by Gasteiger charge is -2.29. The van der Waals surface area contributed by atoms with Crippen molar-refractivity contribution in [1.82, 2.24) is 45.3 Å². The molecule has 0 aliphatic carbocycles. The Bertz CT molecular complexity index is 2610. The Labute approximate surface area is 387 Å². The number of nitrogens with zero attached hydrogens (tertiary/aromatic N) is 5. The minimum atomic E-state index is -0.921. The number of ether oxygens (including phenoxy) is 3. The molecule has 0 bridgehead atoms. The lowest BCUT2D eigenvalue weighted by molar-refractivity contribution is -0.136. The summed E-state index contributed by atoms with van der Waals surface area (Å²) in [6.07, 6.45) is 2.66. The number of methoxy groups -OCH3 is 2. The van der Waals surface area contributed by atoms with E-state index in [0.29, 0.717) is 29.5 Å². The summed E-state index contributed by atoms with van der Waals surface area (Å²) in [4.78, 5) is 86.6. The second-order valence-corrected chi connectivity index (χ2v) is 17.9. The fourth-order valence-corrected chi connectivity index (χ4v) is 9.17. The van der Waals surface area contributed by atoms with Crippen LogP contribution in [-0.2, 0) is 36.9 Å². The molecule has 5 atom stereocenters. The van der Waals surface area contributed by atoms with Crippen LogP contribution in [0.5, 0.6) is 0 Å². The molecule has 5 amide bonds. The monoisotopic (exact) mass is 917 g/mol. The summed E-state index contributed by atoms with van der Waals surface area (Å²) >= 11 is 0. The first-order valence-corrected chi connectivity index (χ1v) is 22.6. The Kier molecular flexibility index (Phi) is 13.6. The zero-order chi connectivity index (χ0) is 47.5. The van der Waals surface area contributed by atoms with Crippen molar-refractivity contribution in [1.29, 1.82) is 0 Å². The van der Waals surface area contributed by atoms with Gasteiger partial charge in [-0.15, -0.1) is 0 Å². The molecule has 3 aliphatic heterocycles. The first-order chi connectivity index (χ1) is 32.2. The van der Waals surface area contributed by atoms with Crippen molar-refractivity contribution < 1.29 is 42.6 Å². The van der Waals surface area contributed by atoms with Crippen LogP contribution in [0.1, 0.15) is 81.8 Å². The number of aromatic amines is 2. The molecular formula is C49H56FN9O8. The number of fused-ring (bicyclic) bond motifs is 1. The van der Waals surface area contributed by atoms with Crippen LogP contribution in [0.3, 0.4) is 0 Å². The van der Waals surface area contributed by atoms with Gasteiger partial charge >= 0.3 is 18.3 Å². The average Bonchev–Trinajstić information content (AvgIpc) is 4.19. The Morgan fingerprint density at radius 2 is 1.37 bits per heavy atom. The van der Waals surface area contributed by atoms with Crippen LogP contribution in [0.2, 0.25) is 0 Å². The van der Waals surface area contributed by atoms with Crippen LogP contribution in [0.15, 0.2) is 79.1 Å². The number of aromatic nitrogens is 4. The number of likely N-dealkylation sites (tertiary alicyclic amines) is 2. The van der Waals surface area contributed by atoms with Crippen molar-refractivity contribution in [3.63, 3.8) is 0 Å². The Morgan fingerprint density at radius 3 is 1.99 bits per heavy atom. The van der Waals surface area contributed by atoms with Crippen LogP contribution in [0.25, 0.3) is 33.6 Å². The van der Waals surface area contributed by atoms with Crippen LogP contribution in [0, 0.1) is 17.7 Å². The molecule has 18 heteroatoms. The van der Waals surface area contributed by atoms with Crippen molar-refractivity contribution in [3.05, 3.63) is 108 Å². The van der Waals surface area contributed by atoms with Crippen LogP contribution in [0.4, 0.5) is 18.8 Å². The number of halogens is 1. The maximum atomic E-state index is 14.5. The third kappa shape index (κ3) is 9.83. The molecule has 5 aromatic rings. The van der Waals surface area contributed by atoms with Gasteiger partial charge in [-0.2, -0.15) is 0 Å². The Balaban J connectivity index is 0.947. The predicted molar refractivity (Wildman–Crippen MR) is 244 cm³/mol. The van der Waals surface area contributed by atoms with Gasteiger partial charge in [0, 0.05) is 36.8 Å². The van der Waals surface area contributed by atoms with Crippen LogP contribution in [-0.4, -0.2) is 110 Å². The number of carbonyl (C=O) groups excluding carboxylic acids is 5. The normalized spacial score (nSPS) is 18.8.